The van der Waals surface area contributed by atoms with Crippen molar-refractivity contribution in [1.82, 2.24) is 0 Å². The first-order valence-electron chi connectivity index (χ1n) is 6.76. The summed E-state index contributed by atoms with van der Waals surface area (Å²) in [5, 5.41) is 0. The van der Waals surface area contributed by atoms with Gasteiger partial charge in [0.25, 0.3) is 0 Å². The molecule has 21 heavy (non-hydrogen) atoms. The van der Waals surface area contributed by atoms with Crippen molar-refractivity contribution in [3.8, 4) is 5.75 Å². The van der Waals surface area contributed by atoms with Crippen molar-refractivity contribution >= 4 is 11.6 Å². The number of ether oxygens (including phenoxy) is 1. The minimum absolute atomic E-state index is 0.00927. The van der Waals surface area contributed by atoms with Crippen molar-refractivity contribution in [1.29, 1.82) is 0 Å². The first-order chi connectivity index (χ1) is 10.1. The molecule has 0 aromatic heterocycles. The number of carbonyl (C=O) groups is 2. The molecule has 0 aliphatic heterocycles. The maximum atomic E-state index is 11.5. The van der Waals surface area contributed by atoms with E-state index in [1.807, 2.05) is 6.08 Å². The van der Waals surface area contributed by atoms with Crippen LogP contribution in [0.5, 0.6) is 5.75 Å². The first-order valence-corrected chi connectivity index (χ1v) is 6.76. The van der Waals surface area contributed by atoms with Gasteiger partial charge in [0.2, 0.25) is 0 Å². The van der Waals surface area contributed by atoms with Gasteiger partial charge in [0, 0.05) is 11.5 Å². The van der Waals surface area contributed by atoms with Crippen LogP contribution in [0.15, 0.2) is 48.3 Å². The Labute approximate surface area is 123 Å². The third-order valence-electron chi connectivity index (χ3n) is 3.28. The fourth-order valence-corrected chi connectivity index (χ4v) is 2.03. The van der Waals surface area contributed by atoms with Crippen LogP contribution in [0.3, 0.4) is 0 Å². The van der Waals surface area contributed by atoms with Crippen molar-refractivity contribution in [2.24, 2.45) is 17.4 Å². The molecule has 110 valence electrons. The molecule has 1 aliphatic carbocycles. The highest BCUT2D eigenvalue weighted by Gasteiger charge is 2.16. The van der Waals surface area contributed by atoms with Crippen molar-refractivity contribution in [2.75, 3.05) is 13.1 Å². The van der Waals surface area contributed by atoms with E-state index < -0.39 is 0 Å². The summed E-state index contributed by atoms with van der Waals surface area (Å²) in [5.41, 5.74) is 11.2. The topological polar surface area (TPSA) is 95.4 Å². The largest absolute Gasteiger partial charge is 0.458 e. The molecule has 5 heteroatoms. The normalized spacial score (nSPS) is 17.2. The van der Waals surface area contributed by atoms with E-state index in [9.17, 15) is 9.59 Å². The van der Waals surface area contributed by atoms with Crippen LogP contribution in [0, 0.1) is 5.92 Å². The standard InChI is InChI=1S/C16H18N2O3/c17-9-15(19)11-1-5-13(6-2-11)21-14-7-3-12(4-8-14)16(20)10-18/h1-3,5-8,12H,4,9-10,17-18H2. The Morgan fingerprint density at radius 2 is 1.86 bits per heavy atom. The van der Waals surface area contributed by atoms with Gasteiger partial charge < -0.3 is 16.2 Å². The summed E-state index contributed by atoms with van der Waals surface area (Å²) < 4.78 is 5.67. The molecular formula is C16H18N2O3. The second-order valence-electron chi connectivity index (χ2n) is 4.73. The molecule has 1 aliphatic rings. The Kier molecular flexibility index (Phi) is 5.03. The van der Waals surface area contributed by atoms with Crippen molar-refractivity contribution in [3.05, 3.63) is 53.8 Å². The van der Waals surface area contributed by atoms with Gasteiger partial charge in [-0.2, -0.15) is 0 Å². The van der Waals surface area contributed by atoms with E-state index in [0.29, 0.717) is 23.5 Å². The van der Waals surface area contributed by atoms with Gasteiger partial charge in [-0.25, -0.2) is 0 Å². The van der Waals surface area contributed by atoms with Gasteiger partial charge in [-0.15, -0.1) is 0 Å². The molecule has 1 aromatic carbocycles. The minimum atomic E-state index is -0.160. The summed E-state index contributed by atoms with van der Waals surface area (Å²) >= 11 is 0. The van der Waals surface area contributed by atoms with Crippen LogP contribution in [0.1, 0.15) is 16.8 Å². The van der Waals surface area contributed by atoms with Crippen molar-refractivity contribution in [2.45, 2.75) is 6.42 Å². The Morgan fingerprint density at radius 3 is 2.38 bits per heavy atom. The molecule has 5 nitrogen and oxygen atoms in total. The summed E-state index contributed by atoms with van der Waals surface area (Å²) in [7, 11) is 0. The molecule has 0 fully saturated rings. The third-order valence-corrected chi connectivity index (χ3v) is 3.28. The highest BCUT2D eigenvalue weighted by molar-refractivity contribution is 5.97. The maximum absolute atomic E-state index is 11.5. The molecule has 4 N–H and O–H groups in total. The molecule has 0 heterocycles. The quantitative estimate of drug-likeness (QED) is 0.766. The molecule has 0 saturated carbocycles. The predicted octanol–water partition coefficient (Wildman–Crippen LogP) is 1.19. The van der Waals surface area contributed by atoms with Gasteiger partial charge in [0.05, 0.1) is 13.1 Å². The molecule has 0 amide bonds. The number of carbonyl (C=O) groups excluding carboxylic acids is 2. The molecule has 0 radical (unpaired) electrons. The van der Waals surface area contributed by atoms with E-state index >= 15 is 0 Å². The van der Waals surface area contributed by atoms with Crippen LogP contribution < -0.4 is 16.2 Å². The first kappa shape index (κ1) is 15.2. The highest BCUT2D eigenvalue weighted by atomic mass is 16.5. The number of hydrogen-bond acceptors (Lipinski definition) is 5. The molecule has 1 aromatic rings. The monoisotopic (exact) mass is 286 g/mol. The Balaban J connectivity index is 1.97. The average molecular weight is 286 g/mol. The average Bonchev–Trinajstić information content (AvgIpc) is 2.55. The van der Waals surface area contributed by atoms with Crippen LogP contribution in [0.25, 0.3) is 0 Å². The molecule has 0 bridgehead atoms. The van der Waals surface area contributed by atoms with E-state index in [1.165, 1.54) is 0 Å². The van der Waals surface area contributed by atoms with E-state index in [0.717, 1.165) is 0 Å². The smallest absolute Gasteiger partial charge is 0.176 e. The summed E-state index contributed by atoms with van der Waals surface area (Å²) in [6.07, 6.45) is 6.01. The number of hydrogen-bond donors (Lipinski definition) is 2. The predicted molar refractivity (Wildman–Crippen MR) is 79.8 cm³/mol. The fraction of sp³-hybridized carbons (Fsp3) is 0.250. The lowest BCUT2D eigenvalue weighted by Crippen LogP contribution is -2.22. The van der Waals surface area contributed by atoms with Gasteiger partial charge in [-0.1, -0.05) is 6.08 Å². The number of nitrogens with two attached hydrogens (primary N) is 2. The molecule has 2 rings (SSSR count). The summed E-state index contributed by atoms with van der Waals surface area (Å²) in [6.45, 7) is 0.0420. The summed E-state index contributed by atoms with van der Waals surface area (Å²) in [4.78, 5) is 22.9. The lowest BCUT2D eigenvalue weighted by atomic mass is 9.95. The van der Waals surface area contributed by atoms with Gasteiger partial charge in [-0.3, -0.25) is 9.59 Å². The van der Waals surface area contributed by atoms with Crippen LogP contribution in [-0.2, 0) is 4.79 Å². The van der Waals surface area contributed by atoms with Gasteiger partial charge in [-0.05, 0) is 42.8 Å². The molecule has 0 saturated heterocycles. The van der Waals surface area contributed by atoms with Crippen molar-refractivity contribution in [3.63, 3.8) is 0 Å². The second kappa shape index (κ2) is 6.97. The van der Waals surface area contributed by atoms with E-state index in [2.05, 4.69) is 0 Å². The Bertz CT molecular complexity index is 588. The molecule has 0 spiro atoms. The van der Waals surface area contributed by atoms with E-state index in [-0.39, 0.29) is 30.6 Å². The Morgan fingerprint density at radius 1 is 1.14 bits per heavy atom. The SMILES string of the molecule is NCC(=O)c1ccc(OC2=CCC(C(=O)CN)C=C2)cc1. The van der Waals surface area contributed by atoms with Crippen LogP contribution in [-0.4, -0.2) is 24.7 Å². The van der Waals surface area contributed by atoms with Crippen molar-refractivity contribution < 1.29 is 14.3 Å². The number of allylic oxidation sites excluding steroid dienone is 3. The Hall–Kier alpha value is -2.24. The molecule has 1 unspecified atom stereocenters. The zero-order valence-corrected chi connectivity index (χ0v) is 11.6. The summed E-state index contributed by atoms with van der Waals surface area (Å²) in [5.74, 6) is 1.05. The fourth-order valence-electron chi connectivity index (χ4n) is 2.03. The van der Waals surface area contributed by atoms with Crippen LogP contribution in [0.4, 0.5) is 0 Å². The van der Waals surface area contributed by atoms with Gasteiger partial charge >= 0.3 is 0 Å². The minimum Gasteiger partial charge on any atom is -0.458 e. The third kappa shape index (κ3) is 3.87. The zero-order valence-electron chi connectivity index (χ0n) is 11.6. The van der Waals surface area contributed by atoms with E-state index in [1.54, 1.807) is 36.4 Å². The number of ketones is 2. The zero-order chi connectivity index (χ0) is 15.2. The lowest BCUT2D eigenvalue weighted by molar-refractivity contribution is -0.120. The van der Waals surface area contributed by atoms with Gasteiger partial charge in [0.1, 0.15) is 11.5 Å². The van der Waals surface area contributed by atoms with Gasteiger partial charge in [0.15, 0.2) is 11.6 Å². The number of benzene rings is 1. The van der Waals surface area contributed by atoms with E-state index in [4.69, 9.17) is 16.2 Å². The van der Waals surface area contributed by atoms with Crippen LogP contribution in [0.2, 0.25) is 0 Å². The summed E-state index contributed by atoms with van der Waals surface area (Å²) in [6, 6.07) is 6.79. The maximum Gasteiger partial charge on any atom is 0.176 e. The molecule has 1 atom stereocenters. The van der Waals surface area contributed by atoms with Crippen LogP contribution >= 0.6 is 0 Å². The molecular weight excluding hydrogens is 268 g/mol. The highest BCUT2D eigenvalue weighted by Crippen LogP contribution is 2.21. The second-order valence-corrected chi connectivity index (χ2v) is 4.73. The lowest BCUT2D eigenvalue weighted by Gasteiger charge is -2.15. The number of Topliss-reactive ketones (excluding diaryl/α,β-unsaturated/α-hetero) is 2. The number of rotatable bonds is 6.